The predicted molar refractivity (Wildman–Crippen MR) is 115 cm³/mol. The lowest BCUT2D eigenvalue weighted by atomic mass is 9.97. The van der Waals surface area contributed by atoms with Gasteiger partial charge >= 0.3 is 0 Å². The van der Waals surface area contributed by atoms with Gasteiger partial charge in [-0.1, -0.05) is 67.9 Å². The molecule has 3 aromatic rings. The van der Waals surface area contributed by atoms with E-state index in [2.05, 4.69) is 68.2 Å². The molecule has 1 aromatic heterocycles. The van der Waals surface area contributed by atoms with Gasteiger partial charge < -0.3 is 0 Å². The van der Waals surface area contributed by atoms with Crippen LogP contribution in [-0.2, 0) is 16.8 Å². The van der Waals surface area contributed by atoms with Crippen molar-refractivity contribution in [3.8, 4) is 11.4 Å². The maximum atomic E-state index is 13.0. The molecule has 2 aromatic carbocycles. The largest absolute Gasteiger partial charge is 0.286 e. The molecule has 1 fully saturated rings. The summed E-state index contributed by atoms with van der Waals surface area (Å²) in [5.74, 6) is 1.99. The normalized spacial score (nSPS) is 17.0. The van der Waals surface area contributed by atoms with Crippen molar-refractivity contribution in [3.63, 3.8) is 0 Å². The maximum absolute atomic E-state index is 13.0. The van der Waals surface area contributed by atoms with Crippen molar-refractivity contribution in [1.82, 2.24) is 9.97 Å². The van der Waals surface area contributed by atoms with E-state index >= 15 is 0 Å². The highest BCUT2D eigenvalue weighted by atomic mass is 16.2. The van der Waals surface area contributed by atoms with E-state index in [9.17, 15) is 4.79 Å². The summed E-state index contributed by atoms with van der Waals surface area (Å²) in [5.41, 5.74) is 5.38. The summed E-state index contributed by atoms with van der Waals surface area (Å²) < 4.78 is 0. The Bertz CT molecular complexity index is 1100. The second kappa shape index (κ2) is 6.51. The van der Waals surface area contributed by atoms with Gasteiger partial charge in [-0.2, -0.15) is 0 Å². The highest BCUT2D eigenvalue weighted by Gasteiger charge is 2.55. The third kappa shape index (κ3) is 2.86. The van der Waals surface area contributed by atoms with Crippen LogP contribution in [0.15, 0.2) is 54.7 Å². The molecule has 146 valence electrons. The lowest BCUT2D eigenvalue weighted by Gasteiger charge is -2.28. The molecule has 0 unspecified atom stereocenters. The summed E-state index contributed by atoms with van der Waals surface area (Å²) >= 11 is 0. The van der Waals surface area contributed by atoms with E-state index < -0.39 is 0 Å². The fraction of sp³-hybridized carbons (Fsp3) is 0.320. The van der Waals surface area contributed by atoms with Crippen LogP contribution >= 0.6 is 0 Å². The average Bonchev–Trinajstić information content (AvgIpc) is 3.44. The number of rotatable bonds is 4. The first-order chi connectivity index (χ1) is 14.0. The zero-order valence-corrected chi connectivity index (χ0v) is 17.1. The molecule has 2 aliphatic rings. The van der Waals surface area contributed by atoms with Gasteiger partial charge in [0.15, 0.2) is 5.82 Å². The molecule has 0 spiro atoms. The molecular formula is C25H25N3O. The summed E-state index contributed by atoms with van der Waals surface area (Å²) in [6, 6.07) is 16.9. The number of carbonyl (C=O) groups is 1. The van der Waals surface area contributed by atoms with Gasteiger partial charge in [0.2, 0.25) is 5.91 Å². The first kappa shape index (κ1) is 18.0. The first-order valence-corrected chi connectivity index (χ1v) is 10.3. The Morgan fingerprint density at radius 1 is 1.03 bits per heavy atom. The number of benzene rings is 2. The van der Waals surface area contributed by atoms with Crippen LogP contribution in [0.5, 0.6) is 0 Å². The molecule has 0 saturated heterocycles. The van der Waals surface area contributed by atoms with Crippen LogP contribution in [0, 0.1) is 6.92 Å². The van der Waals surface area contributed by atoms with Crippen LogP contribution in [0.3, 0.4) is 0 Å². The number of hydrogen-bond donors (Lipinski definition) is 0. The van der Waals surface area contributed by atoms with E-state index in [-0.39, 0.29) is 11.4 Å². The molecule has 2 heterocycles. The monoisotopic (exact) mass is 383 g/mol. The van der Waals surface area contributed by atoms with Crippen LogP contribution in [0.4, 0.5) is 5.82 Å². The second-order valence-electron chi connectivity index (χ2n) is 8.59. The molecule has 0 bridgehead atoms. The number of amides is 1. The van der Waals surface area contributed by atoms with Gasteiger partial charge in [-0.3, -0.25) is 9.69 Å². The quantitative estimate of drug-likeness (QED) is 0.626. The van der Waals surface area contributed by atoms with E-state index in [1.54, 1.807) is 0 Å². The third-order valence-corrected chi connectivity index (χ3v) is 6.21. The Morgan fingerprint density at radius 2 is 1.76 bits per heavy atom. The van der Waals surface area contributed by atoms with Crippen LogP contribution in [-0.4, -0.2) is 15.9 Å². The number of aryl methyl sites for hydroxylation is 1. The fourth-order valence-corrected chi connectivity index (χ4v) is 4.48. The molecule has 0 N–H and O–H groups in total. The predicted octanol–water partition coefficient (Wildman–Crippen LogP) is 5.15. The van der Waals surface area contributed by atoms with Gasteiger partial charge in [0, 0.05) is 17.3 Å². The smallest absolute Gasteiger partial charge is 0.233 e. The van der Waals surface area contributed by atoms with Crippen molar-refractivity contribution in [2.75, 3.05) is 4.90 Å². The van der Waals surface area contributed by atoms with E-state index in [4.69, 9.17) is 4.98 Å². The van der Waals surface area contributed by atoms with Crippen LogP contribution in [0.25, 0.3) is 11.4 Å². The number of nitrogens with zero attached hydrogens (tertiary/aromatic N) is 3. The van der Waals surface area contributed by atoms with Gasteiger partial charge in [-0.25, -0.2) is 9.97 Å². The summed E-state index contributed by atoms with van der Waals surface area (Å²) in [4.78, 5) is 24.6. The van der Waals surface area contributed by atoms with Crippen molar-refractivity contribution >= 4 is 11.7 Å². The van der Waals surface area contributed by atoms with Crippen LogP contribution in [0.1, 0.15) is 54.9 Å². The van der Waals surface area contributed by atoms with Gasteiger partial charge in [-0.15, -0.1) is 0 Å². The van der Waals surface area contributed by atoms with E-state index in [0.717, 1.165) is 29.8 Å². The number of anilines is 1. The average molecular weight is 383 g/mol. The standard InChI is InChI=1S/C25H25N3O/c1-16(2)20-6-4-5-7-21(20)23-26-15-18-14-22(29)28(24(18)27-23)25(12-13-25)19-10-8-17(3)9-11-19/h4-11,15-16H,12-14H2,1-3H3. The molecule has 29 heavy (non-hydrogen) atoms. The van der Waals surface area contributed by atoms with Gasteiger partial charge in [0.25, 0.3) is 0 Å². The first-order valence-electron chi connectivity index (χ1n) is 10.3. The summed E-state index contributed by atoms with van der Waals surface area (Å²) in [6.07, 6.45) is 4.18. The molecule has 1 aliphatic heterocycles. The molecule has 1 aliphatic carbocycles. The fourth-order valence-electron chi connectivity index (χ4n) is 4.48. The summed E-state index contributed by atoms with van der Waals surface area (Å²) in [6.45, 7) is 6.45. The van der Waals surface area contributed by atoms with E-state index in [1.807, 2.05) is 17.2 Å². The topological polar surface area (TPSA) is 46.1 Å². The Balaban J connectivity index is 1.61. The van der Waals surface area contributed by atoms with Crippen molar-refractivity contribution < 1.29 is 4.79 Å². The Morgan fingerprint density at radius 3 is 2.45 bits per heavy atom. The van der Waals surface area contributed by atoms with Gasteiger partial charge in [0.05, 0.1) is 12.0 Å². The molecule has 0 atom stereocenters. The zero-order chi connectivity index (χ0) is 20.2. The van der Waals surface area contributed by atoms with Gasteiger partial charge in [0.1, 0.15) is 5.82 Å². The third-order valence-electron chi connectivity index (χ3n) is 6.21. The summed E-state index contributed by atoms with van der Waals surface area (Å²) in [5, 5.41) is 0. The lowest BCUT2D eigenvalue weighted by molar-refractivity contribution is -0.118. The Kier molecular flexibility index (Phi) is 4.05. The van der Waals surface area contributed by atoms with E-state index in [1.165, 1.54) is 16.7 Å². The van der Waals surface area contributed by atoms with Crippen LogP contribution < -0.4 is 4.90 Å². The molecule has 1 saturated carbocycles. The molecule has 4 heteroatoms. The number of fused-ring (bicyclic) bond motifs is 1. The highest BCUT2D eigenvalue weighted by molar-refractivity contribution is 6.02. The van der Waals surface area contributed by atoms with Crippen LogP contribution in [0.2, 0.25) is 0 Å². The molecule has 5 rings (SSSR count). The number of hydrogen-bond acceptors (Lipinski definition) is 3. The lowest BCUT2D eigenvalue weighted by Crippen LogP contribution is -2.38. The molecule has 1 amide bonds. The highest BCUT2D eigenvalue weighted by Crippen LogP contribution is 2.54. The van der Waals surface area contributed by atoms with Crippen molar-refractivity contribution in [1.29, 1.82) is 0 Å². The van der Waals surface area contributed by atoms with Crippen molar-refractivity contribution in [2.45, 2.75) is 51.5 Å². The Hall–Kier alpha value is -3.01. The van der Waals surface area contributed by atoms with E-state index in [0.29, 0.717) is 18.2 Å². The Labute approximate surface area is 171 Å². The molecule has 0 radical (unpaired) electrons. The second-order valence-corrected chi connectivity index (χ2v) is 8.59. The maximum Gasteiger partial charge on any atom is 0.233 e. The van der Waals surface area contributed by atoms with Gasteiger partial charge in [-0.05, 0) is 36.8 Å². The minimum absolute atomic E-state index is 0.127. The van der Waals surface area contributed by atoms with Crippen molar-refractivity contribution in [2.24, 2.45) is 0 Å². The minimum Gasteiger partial charge on any atom is -0.286 e. The SMILES string of the molecule is Cc1ccc(C2(N3C(=O)Cc4cnc(-c5ccccc5C(C)C)nc43)CC2)cc1. The summed E-state index contributed by atoms with van der Waals surface area (Å²) in [7, 11) is 0. The molecular weight excluding hydrogens is 358 g/mol. The number of carbonyl (C=O) groups excluding carboxylic acids is 1. The zero-order valence-electron chi connectivity index (χ0n) is 17.1. The van der Waals surface area contributed by atoms with Crippen molar-refractivity contribution in [3.05, 3.63) is 77.0 Å². The minimum atomic E-state index is -0.251. The number of aromatic nitrogens is 2. The molecule has 4 nitrogen and oxygen atoms in total.